The Labute approximate surface area is 141 Å². The van der Waals surface area contributed by atoms with E-state index in [1.807, 2.05) is 29.2 Å². The Bertz CT molecular complexity index is 655. The third-order valence-electron chi connectivity index (χ3n) is 3.77. The molecular formula is C17H20ClN3O2. The molecule has 2 N–H and O–H groups in total. The summed E-state index contributed by atoms with van der Waals surface area (Å²) in [4.78, 5) is 18.7. The summed E-state index contributed by atoms with van der Waals surface area (Å²) in [6.07, 6.45) is 3.62. The Kier molecular flexibility index (Phi) is 5.45. The highest BCUT2D eigenvalue weighted by atomic mass is 35.5. The van der Waals surface area contributed by atoms with Gasteiger partial charge in [-0.3, -0.25) is 4.79 Å². The van der Waals surface area contributed by atoms with Crippen LogP contribution in [0.1, 0.15) is 28.9 Å². The van der Waals surface area contributed by atoms with Crippen molar-refractivity contribution in [3.8, 4) is 5.75 Å². The molecule has 5 nitrogen and oxygen atoms in total. The van der Waals surface area contributed by atoms with Crippen molar-refractivity contribution in [1.82, 2.24) is 9.88 Å². The van der Waals surface area contributed by atoms with Crippen LogP contribution < -0.4 is 10.5 Å². The lowest BCUT2D eigenvalue weighted by atomic mass is 10.2. The number of nitrogen functional groups attached to an aromatic ring is 1. The Morgan fingerprint density at radius 2 is 1.96 bits per heavy atom. The van der Waals surface area contributed by atoms with Crippen molar-refractivity contribution in [3.05, 3.63) is 53.9 Å². The Hall–Kier alpha value is -2.27. The molecule has 1 heterocycles. The number of rotatable bonds is 5. The van der Waals surface area contributed by atoms with E-state index >= 15 is 0 Å². The molecule has 122 valence electrons. The van der Waals surface area contributed by atoms with E-state index in [2.05, 4.69) is 4.98 Å². The average molecular weight is 334 g/mol. The van der Waals surface area contributed by atoms with E-state index in [-0.39, 0.29) is 18.3 Å². The van der Waals surface area contributed by atoms with Crippen LogP contribution in [-0.4, -0.2) is 28.9 Å². The number of methoxy groups -OCH3 is 1. The van der Waals surface area contributed by atoms with E-state index in [0.29, 0.717) is 24.0 Å². The first kappa shape index (κ1) is 17.1. The van der Waals surface area contributed by atoms with Crippen LogP contribution in [0.15, 0.2) is 42.6 Å². The number of carbonyl (C=O) groups is 1. The topological polar surface area (TPSA) is 68.5 Å². The molecule has 1 fully saturated rings. The highest BCUT2D eigenvalue weighted by Crippen LogP contribution is 2.30. The molecule has 1 aromatic heterocycles. The maximum atomic E-state index is 12.7. The first-order valence-electron chi connectivity index (χ1n) is 7.33. The molecule has 0 saturated heterocycles. The van der Waals surface area contributed by atoms with Crippen LogP contribution in [0.2, 0.25) is 0 Å². The van der Waals surface area contributed by atoms with Gasteiger partial charge in [0.2, 0.25) is 0 Å². The number of benzene rings is 1. The second-order valence-electron chi connectivity index (χ2n) is 5.49. The van der Waals surface area contributed by atoms with Crippen molar-refractivity contribution >= 4 is 24.0 Å². The lowest BCUT2D eigenvalue weighted by molar-refractivity contribution is 0.0724. The van der Waals surface area contributed by atoms with Crippen molar-refractivity contribution in [2.24, 2.45) is 0 Å². The van der Waals surface area contributed by atoms with Crippen molar-refractivity contribution in [1.29, 1.82) is 0 Å². The summed E-state index contributed by atoms with van der Waals surface area (Å²) in [5, 5.41) is 0. The molecule has 23 heavy (non-hydrogen) atoms. The number of nitrogens with zero attached hydrogens (tertiary/aromatic N) is 2. The summed E-state index contributed by atoms with van der Waals surface area (Å²) in [6.45, 7) is 0.583. The molecule has 1 amide bonds. The second-order valence-corrected chi connectivity index (χ2v) is 5.49. The SMILES string of the molecule is COc1ccc(CN(C(=O)c2ccc(N)cn2)C2CC2)cc1.Cl. The first-order chi connectivity index (χ1) is 10.7. The summed E-state index contributed by atoms with van der Waals surface area (Å²) in [7, 11) is 1.64. The van der Waals surface area contributed by atoms with Crippen LogP contribution in [0.5, 0.6) is 5.75 Å². The smallest absolute Gasteiger partial charge is 0.272 e. The molecule has 1 aromatic carbocycles. The standard InChI is InChI=1S/C17H19N3O2.ClH/c1-22-15-7-2-12(3-8-15)11-20(14-5-6-14)17(21)16-9-4-13(18)10-19-16;/h2-4,7-10,14H,5-6,11,18H2,1H3;1H. The number of ether oxygens (including phenoxy) is 1. The summed E-state index contributed by atoms with van der Waals surface area (Å²) in [5.74, 6) is 0.770. The molecule has 1 aliphatic carbocycles. The molecule has 6 heteroatoms. The predicted molar refractivity (Wildman–Crippen MR) is 91.8 cm³/mol. The summed E-state index contributed by atoms with van der Waals surface area (Å²) in [5.41, 5.74) is 7.71. The predicted octanol–water partition coefficient (Wildman–Crippen LogP) is 2.90. The van der Waals surface area contributed by atoms with Gasteiger partial charge in [0.05, 0.1) is 19.0 Å². The summed E-state index contributed by atoms with van der Waals surface area (Å²) in [6, 6.07) is 11.5. The third kappa shape index (κ3) is 4.13. The highest BCUT2D eigenvalue weighted by molar-refractivity contribution is 5.92. The quantitative estimate of drug-likeness (QED) is 0.913. The van der Waals surface area contributed by atoms with Gasteiger partial charge >= 0.3 is 0 Å². The van der Waals surface area contributed by atoms with E-state index in [1.165, 1.54) is 6.20 Å². The number of aromatic nitrogens is 1. The zero-order valence-corrected chi connectivity index (χ0v) is 13.8. The molecule has 0 spiro atoms. The van der Waals surface area contributed by atoms with Crippen molar-refractivity contribution < 1.29 is 9.53 Å². The molecule has 3 rings (SSSR count). The molecule has 0 unspecified atom stereocenters. The Morgan fingerprint density at radius 3 is 2.48 bits per heavy atom. The minimum Gasteiger partial charge on any atom is -0.497 e. The van der Waals surface area contributed by atoms with Gasteiger partial charge in [0.15, 0.2) is 0 Å². The number of pyridine rings is 1. The fraction of sp³-hybridized carbons (Fsp3) is 0.294. The number of hydrogen-bond donors (Lipinski definition) is 1. The van der Waals surface area contributed by atoms with Crippen LogP contribution in [0.3, 0.4) is 0 Å². The minimum absolute atomic E-state index is 0. The van der Waals surface area contributed by atoms with Crippen molar-refractivity contribution in [2.45, 2.75) is 25.4 Å². The molecule has 0 atom stereocenters. The average Bonchev–Trinajstić information content (AvgIpc) is 3.38. The van der Waals surface area contributed by atoms with Gasteiger partial charge in [0.25, 0.3) is 5.91 Å². The van der Waals surface area contributed by atoms with Crippen LogP contribution in [0.25, 0.3) is 0 Å². The number of carbonyl (C=O) groups excluding carboxylic acids is 1. The largest absolute Gasteiger partial charge is 0.497 e. The first-order valence-corrected chi connectivity index (χ1v) is 7.33. The number of hydrogen-bond acceptors (Lipinski definition) is 4. The van der Waals surface area contributed by atoms with E-state index in [0.717, 1.165) is 24.2 Å². The normalized spacial score (nSPS) is 13.1. The van der Waals surface area contributed by atoms with Crippen LogP contribution in [0, 0.1) is 0 Å². The van der Waals surface area contributed by atoms with Gasteiger partial charge in [-0.2, -0.15) is 0 Å². The monoisotopic (exact) mass is 333 g/mol. The minimum atomic E-state index is -0.0432. The molecular weight excluding hydrogens is 314 g/mol. The van der Waals surface area contributed by atoms with E-state index in [4.69, 9.17) is 10.5 Å². The van der Waals surface area contributed by atoms with Crippen molar-refractivity contribution in [3.63, 3.8) is 0 Å². The number of halogens is 1. The maximum Gasteiger partial charge on any atom is 0.272 e. The van der Waals surface area contributed by atoms with Crippen LogP contribution in [-0.2, 0) is 6.54 Å². The van der Waals surface area contributed by atoms with Gasteiger partial charge in [0, 0.05) is 12.6 Å². The second kappa shape index (κ2) is 7.33. The fourth-order valence-electron chi connectivity index (χ4n) is 2.36. The van der Waals surface area contributed by atoms with Gasteiger partial charge in [-0.15, -0.1) is 12.4 Å². The van der Waals surface area contributed by atoms with Gasteiger partial charge in [-0.1, -0.05) is 12.1 Å². The Balaban J connectivity index is 0.00000192. The Morgan fingerprint density at radius 1 is 1.26 bits per heavy atom. The fourth-order valence-corrected chi connectivity index (χ4v) is 2.36. The maximum absolute atomic E-state index is 12.7. The number of nitrogens with two attached hydrogens (primary N) is 1. The zero-order valence-electron chi connectivity index (χ0n) is 12.9. The van der Waals surface area contributed by atoms with Gasteiger partial charge in [0.1, 0.15) is 11.4 Å². The highest BCUT2D eigenvalue weighted by Gasteiger charge is 2.33. The third-order valence-corrected chi connectivity index (χ3v) is 3.77. The lowest BCUT2D eigenvalue weighted by Crippen LogP contribution is -2.33. The number of anilines is 1. The summed E-state index contributed by atoms with van der Waals surface area (Å²) >= 11 is 0. The number of amides is 1. The molecule has 2 aromatic rings. The van der Waals surface area contributed by atoms with E-state index < -0.39 is 0 Å². The zero-order chi connectivity index (χ0) is 15.5. The van der Waals surface area contributed by atoms with Gasteiger partial charge in [-0.25, -0.2) is 4.98 Å². The van der Waals surface area contributed by atoms with E-state index in [9.17, 15) is 4.79 Å². The van der Waals surface area contributed by atoms with Crippen LogP contribution >= 0.6 is 12.4 Å². The van der Waals surface area contributed by atoms with Gasteiger partial charge < -0.3 is 15.4 Å². The lowest BCUT2D eigenvalue weighted by Gasteiger charge is -2.22. The molecule has 1 aliphatic rings. The van der Waals surface area contributed by atoms with E-state index in [1.54, 1.807) is 19.2 Å². The van der Waals surface area contributed by atoms with Crippen LogP contribution in [0.4, 0.5) is 5.69 Å². The molecule has 1 saturated carbocycles. The van der Waals surface area contributed by atoms with Gasteiger partial charge in [-0.05, 0) is 42.7 Å². The molecule has 0 radical (unpaired) electrons. The van der Waals surface area contributed by atoms with Crippen molar-refractivity contribution in [2.75, 3.05) is 12.8 Å². The molecule has 0 bridgehead atoms. The molecule has 0 aliphatic heterocycles. The summed E-state index contributed by atoms with van der Waals surface area (Å²) < 4.78 is 5.16.